The van der Waals surface area contributed by atoms with Crippen LogP contribution < -0.4 is 10.5 Å². The molecule has 34 heavy (non-hydrogen) atoms. The van der Waals surface area contributed by atoms with E-state index >= 15 is 0 Å². The average Bonchev–Trinajstić information content (AvgIpc) is 2.84. The van der Waals surface area contributed by atoms with Crippen molar-refractivity contribution < 1.29 is 22.7 Å². The Morgan fingerprint density at radius 3 is 2.12 bits per heavy atom. The van der Waals surface area contributed by atoms with E-state index in [-0.39, 0.29) is 17.8 Å². The maximum atomic E-state index is 13.8. The number of hydrogen-bond acceptors (Lipinski definition) is 6. The first-order chi connectivity index (χ1) is 16.4. The molecule has 0 unspecified atom stereocenters. The minimum atomic E-state index is -1.06. The lowest BCUT2D eigenvalue weighted by Gasteiger charge is -2.37. The number of aromatic nitrogens is 2. The van der Waals surface area contributed by atoms with E-state index in [0.717, 1.165) is 38.0 Å². The normalized spacial score (nSPS) is 17.7. The van der Waals surface area contributed by atoms with Gasteiger partial charge in [-0.3, -0.25) is 9.69 Å². The summed E-state index contributed by atoms with van der Waals surface area (Å²) in [6.07, 6.45) is 5.51. The minimum Gasteiger partial charge on any atom is -0.484 e. The Morgan fingerprint density at radius 1 is 1.00 bits per heavy atom. The van der Waals surface area contributed by atoms with Crippen LogP contribution in [0.25, 0.3) is 0 Å². The first-order valence-corrected chi connectivity index (χ1v) is 11.8. The summed E-state index contributed by atoms with van der Waals surface area (Å²) < 4.78 is 46.1. The highest BCUT2D eigenvalue weighted by molar-refractivity contribution is 5.79. The van der Waals surface area contributed by atoms with Crippen molar-refractivity contribution in [1.82, 2.24) is 19.8 Å². The highest BCUT2D eigenvalue weighted by Gasteiger charge is 2.32. The molecule has 0 radical (unpaired) electrons. The highest BCUT2D eigenvalue weighted by Crippen LogP contribution is 2.28. The smallest absolute Gasteiger partial charge is 0.225 e. The van der Waals surface area contributed by atoms with Crippen LogP contribution in [0.3, 0.4) is 0 Å². The van der Waals surface area contributed by atoms with Crippen molar-refractivity contribution in [2.75, 3.05) is 31.9 Å². The molecule has 186 valence electrons. The van der Waals surface area contributed by atoms with Crippen LogP contribution in [-0.4, -0.2) is 58.0 Å². The number of carbonyl (C=O) groups is 1. The number of nitrogens with zero attached hydrogens (tertiary/aromatic N) is 4. The fourth-order valence-corrected chi connectivity index (χ4v) is 4.30. The number of benzene rings is 1. The monoisotopic (exact) mass is 479 g/mol. The summed E-state index contributed by atoms with van der Waals surface area (Å²) in [6, 6.07) is 1.20. The van der Waals surface area contributed by atoms with E-state index in [1.807, 2.05) is 18.7 Å². The van der Waals surface area contributed by atoms with E-state index in [1.165, 1.54) is 0 Å². The van der Waals surface area contributed by atoms with Crippen LogP contribution in [0.1, 0.15) is 45.1 Å². The topological polar surface area (TPSA) is 84.6 Å². The molecular formula is C24H32F3N5O2. The van der Waals surface area contributed by atoms with Gasteiger partial charge in [0.2, 0.25) is 11.9 Å². The molecule has 2 aliphatic rings. The van der Waals surface area contributed by atoms with Crippen LogP contribution in [0.4, 0.5) is 19.1 Å². The molecule has 2 N–H and O–H groups in total. The van der Waals surface area contributed by atoms with Crippen LogP contribution in [0.2, 0.25) is 0 Å². The number of piperidine rings is 2. The van der Waals surface area contributed by atoms with Crippen LogP contribution in [0.15, 0.2) is 24.5 Å². The number of carbonyl (C=O) groups excluding carboxylic acids is 1. The number of halogens is 3. The fourth-order valence-electron chi connectivity index (χ4n) is 4.30. The lowest BCUT2D eigenvalue weighted by atomic mass is 9.94. The van der Waals surface area contributed by atoms with Crippen LogP contribution >= 0.6 is 0 Å². The Balaban J connectivity index is 0.00000158. The number of anilines is 1. The van der Waals surface area contributed by atoms with E-state index in [2.05, 4.69) is 14.9 Å². The Morgan fingerprint density at radius 2 is 1.56 bits per heavy atom. The Labute approximate surface area is 198 Å². The van der Waals surface area contributed by atoms with Gasteiger partial charge in [0.05, 0.1) is 0 Å². The van der Waals surface area contributed by atoms with Crippen molar-refractivity contribution in [2.24, 2.45) is 5.92 Å². The Kier molecular flexibility index (Phi) is 9.09. The standard InChI is InChI=1S/C22H26F3N5O2.C2H6/c23-16-9-18(24)20(19(25)10-16)32-17-3-7-30(8-4-17)21(31)15-1-5-29(6-2-15)13-14-11-27-22(26)28-12-14;1-2/h9-12,15,17H,1-8,13H2,(H2,26,27,28);1-2H3. The van der Waals surface area contributed by atoms with Crippen molar-refractivity contribution in [2.45, 2.75) is 52.2 Å². The summed E-state index contributed by atoms with van der Waals surface area (Å²) in [4.78, 5) is 25.0. The number of amides is 1. The SMILES string of the molecule is CC.Nc1ncc(CN2CCC(C(=O)N3CCC(Oc4c(F)cc(F)cc4F)CC3)CC2)cn1. The second kappa shape index (κ2) is 12.0. The number of hydrogen-bond donors (Lipinski definition) is 1. The third kappa shape index (κ3) is 6.59. The van der Waals surface area contributed by atoms with E-state index in [0.29, 0.717) is 38.1 Å². The summed E-state index contributed by atoms with van der Waals surface area (Å²) >= 11 is 0. The van der Waals surface area contributed by atoms with E-state index in [9.17, 15) is 18.0 Å². The second-order valence-electron chi connectivity index (χ2n) is 8.34. The third-order valence-corrected chi connectivity index (χ3v) is 6.07. The van der Waals surface area contributed by atoms with Crippen LogP contribution in [-0.2, 0) is 11.3 Å². The molecule has 2 fully saturated rings. The van der Waals surface area contributed by atoms with Gasteiger partial charge < -0.3 is 15.4 Å². The molecule has 0 saturated carbocycles. The van der Waals surface area contributed by atoms with Crippen molar-refractivity contribution in [1.29, 1.82) is 0 Å². The molecule has 0 aliphatic carbocycles. The van der Waals surface area contributed by atoms with Crippen molar-refractivity contribution in [3.05, 3.63) is 47.5 Å². The average molecular weight is 480 g/mol. The molecule has 2 aliphatic heterocycles. The van der Waals surface area contributed by atoms with E-state index in [1.54, 1.807) is 12.4 Å². The molecule has 2 saturated heterocycles. The highest BCUT2D eigenvalue weighted by atomic mass is 19.1. The number of likely N-dealkylation sites (tertiary alicyclic amines) is 2. The van der Waals surface area contributed by atoms with Gasteiger partial charge in [0.25, 0.3) is 0 Å². The van der Waals surface area contributed by atoms with Gasteiger partial charge in [-0.1, -0.05) is 13.8 Å². The first-order valence-electron chi connectivity index (χ1n) is 11.8. The molecule has 1 amide bonds. The van der Waals surface area contributed by atoms with Gasteiger partial charge in [-0.15, -0.1) is 0 Å². The van der Waals surface area contributed by atoms with Crippen LogP contribution in [0, 0.1) is 23.4 Å². The van der Waals surface area contributed by atoms with Gasteiger partial charge in [0, 0.05) is 68.5 Å². The lowest BCUT2D eigenvalue weighted by molar-refractivity contribution is -0.139. The zero-order valence-electron chi connectivity index (χ0n) is 19.6. The zero-order chi connectivity index (χ0) is 24.7. The minimum absolute atomic E-state index is 0.0293. The number of nitrogen functional groups attached to an aromatic ring is 1. The summed E-state index contributed by atoms with van der Waals surface area (Å²) in [5.74, 6) is -3.32. The lowest BCUT2D eigenvalue weighted by Crippen LogP contribution is -2.47. The molecule has 7 nitrogen and oxygen atoms in total. The molecule has 1 aromatic carbocycles. The first kappa shape index (κ1) is 25.7. The van der Waals surface area contributed by atoms with Crippen molar-refractivity contribution in [3.63, 3.8) is 0 Å². The maximum Gasteiger partial charge on any atom is 0.225 e. The van der Waals surface area contributed by atoms with Gasteiger partial charge in [0.15, 0.2) is 17.4 Å². The van der Waals surface area contributed by atoms with E-state index < -0.39 is 29.3 Å². The number of ether oxygens (including phenoxy) is 1. The quantitative estimate of drug-likeness (QED) is 0.703. The number of nitrogens with two attached hydrogens (primary N) is 1. The third-order valence-electron chi connectivity index (χ3n) is 6.07. The van der Waals surface area contributed by atoms with Gasteiger partial charge in [0.1, 0.15) is 11.9 Å². The molecule has 1 aromatic heterocycles. The summed E-state index contributed by atoms with van der Waals surface area (Å²) in [7, 11) is 0. The van der Waals surface area contributed by atoms with Gasteiger partial charge >= 0.3 is 0 Å². The maximum absolute atomic E-state index is 13.8. The predicted octanol–water partition coefficient (Wildman–Crippen LogP) is 3.78. The van der Waals surface area contributed by atoms with Crippen molar-refractivity contribution >= 4 is 11.9 Å². The predicted molar refractivity (Wildman–Crippen MR) is 122 cm³/mol. The van der Waals surface area contributed by atoms with Crippen LogP contribution in [0.5, 0.6) is 5.75 Å². The molecule has 0 spiro atoms. The molecule has 10 heteroatoms. The Bertz CT molecular complexity index is 921. The van der Waals surface area contributed by atoms with E-state index in [4.69, 9.17) is 10.5 Å². The molecule has 4 rings (SSSR count). The number of rotatable bonds is 5. The summed E-state index contributed by atoms with van der Waals surface area (Å²) in [5, 5.41) is 0. The van der Waals surface area contributed by atoms with Gasteiger partial charge in [-0.05, 0) is 25.9 Å². The summed E-state index contributed by atoms with van der Waals surface area (Å²) in [5.41, 5.74) is 6.50. The molecule has 0 bridgehead atoms. The van der Waals surface area contributed by atoms with Crippen molar-refractivity contribution in [3.8, 4) is 5.75 Å². The second-order valence-corrected chi connectivity index (χ2v) is 8.34. The van der Waals surface area contributed by atoms with Gasteiger partial charge in [-0.2, -0.15) is 0 Å². The molecule has 3 heterocycles. The van der Waals surface area contributed by atoms with Gasteiger partial charge in [-0.25, -0.2) is 23.1 Å². The fraction of sp³-hybridized carbons (Fsp3) is 0.542. The zero-order valence-corrected chi connectivity index (χ0v) is 19.6. The summed E-state index contributed by atoms with van der Waals surface area (Å²) in [6.45, 7) is 7.28. The molecular weight excluding hydrogens is 447 g/mol. The largest absolute Gasteiger partial charge is 0.484 e. The molecule has 0 atom stereocenters. The Hall–Kier alpha value is -2.88. The molecule has 2 aromatic rings.